The molecule has 4 rings (SSSR count). The van der Waals surface area contributed by atoms with Gasteiger partial charge in [-0.05, 0) is 48.0 Å². The van der Waals surface area contributed by atoms with Gasteiger partial charge in [-0.25, -0.2) is 18.1 Å². The summed E-state index contributed by atoms with van der Waals surface area (Å²) in [5, 5.41) is 3.17. The third-order valence-corrected chi connectivity index (χ3v) is 5.02. The number of amides is 2. The zero-order valence-corrected chi connectivity index (χ0v) is 17.2. The topological polar surface area (TPSA) is 58.6 Å². The normalized spacial score (nSPS) is 13.7. The summed E-state index contributed by atoms with van der Waals surface area (Å²) >= 11 is 6.05. The van der Waals surface area contributed by atoms with Crippen LogP contribution in [0.15, 0.2) is 66.4 Å². The summed E-state index contributed by atoms with van der Waals surface area (Å²) in [5.41, 5.74) is -0.252. The van der Waals surface area contributed by atoms with Crippen LogP contribution in [-0.4, -0.2) is 18.9 Å². The zero-order chi connectivity index (χ0) is 23.0. The minimum absolute atomic E-state index is 0.124. The number of hydrogen-bond acceptors (Lipinski definition) is 4. The highest BCUT2D eigenvalue weighted by Crippen LogP contribution is 2.37. The molecule has 0 saturated carbocycles. The molecule has 1 aliphatic heterocycles. The third-order valence-electron chi connectivity index (χ3n) is 4.79. The van der Waals surface area contributed by atoms with Crippen molar-refractivity contribution in [2.24, 2.45) is 0 Å². The van der Waals surface area contributed by atoms with E-state index in [2.05, 4.69) is 5.32 Å². The quantitative estimate of drug-likeness (QED) is 0.536. The number of carbonyl (C=O) groups is 2. The van der Waals surface area contributed by atoms with Gasteiger partial charge in [-0.2, -0.15) is 0 Å². The first-order valence-electron chi connectivity index (χ1n) is 9.24. The predicted octanol–water partition coefficient (Wildman–Crippen LogP) is 5.16. The Labute approximate surface area is 185 Å². The Hall–Kier alpha value is -3.78. The number of halogens is 4. The number of benzene rings is 3. The van der Waals surface area contributed by atoms with Crippen molar-refractivity contribution < 1.29 is 27.5 Å². The molecule has 3 aromatic rings. The second-order valence-corrected chi connectivity index (χ2v) is 7.20. The third kappa shape index (κ3) is 3.80. The van der Waals surface area contributed by atoms with Gasteiger partial charge in [0, 0.05) is 11.1 Å². The summed E-state index contributed by atoms with van der Waals surface area (Å²) in [6.07, 6.45) is 0. The van der Waals surface area contributed by atoms with E-state index in [1.54, 1.807) is 12.1 Å². The molecule has 5 nitrogen and oxygen atoms in total. The number of imide groups is 1. The highest BCUT2D eigenvalue weighted by atomic mass is 35.5. The molecule has 0 spiro atoms. The molecule has 0 bridgehead atoms. The van der Waals surface area contributed by atoms with Crippen molar-refractivity contribution in [3.8, 4) is 5.75 Å². The lowest BCUT2D eigenvalue weighted by atomic mass is 10.0. The Balaban J connectivity index is 1.87. The number of nitrogens with one attached hydrogen (secondary N) is 1. The van der Waals surface area contributed by atoms with Gasteiger partial charge in [-0.3, -0.25) is 9.59 Å². The molecule has 2 amide bonds. The fourth-order valence-electron chi connectivity index (χ4n) is 3.32. The van der Waals surface area contributed by atoms with Crippen LogP contribution < -0.4 is 15.0 Å². The SMILES string of the molecule is COc1ccc(Cl)cc1NC1=C(c2ccc(F)cc2)C(=O)N(c2ccc(F)cc2F)C1=O. The Morgan fingerprint density at radius 3 is 2.22 bits per heavy atom. The van der Waals surface area contributed by atoms with Crippen LogP contribution in [-0.2, 0) is 9.59 Å². The summed E-state index contributed by atoms with van der Waals surface area (Å²) in [7, 11) is 1.41. The van der Waals surface area contributed by atoms with Crippen LogP contribution in [0.4, 0.5) is 24.5 Å². The molecule has 0 radical (unpaired) electrons. The maximum absolute atomic E-state index is 14.4. The average molecular weight is 459 g/mol. The summed E-state index contributed by atoms with van der Waals surface area (Å²) in [5.74, 6) is -3.92. The second-order valence-electron chi connectivity index (χ2n) is 6.77. The van der Waals surface area contributed by atoms with Crippen molar-refractivity contribution in [3.63, 3.8) is 0 Å². The van der Waals surface area contributed by atoms with E-state index in [0.29, 0.717) is 21.7 Å². The molecule has 3 aromatic carbocycles. The van der Waals surface area contributed by atoms with Crippen LogP contribution in [0, 0.1) is 17.5 Å². The Kier molecular flexibility index (Phi) is 5.63. The Bertz CT molecular complexity index is 1280. The van der Waals surface area contributed by atoms with Crippen LogP contribution in [0.5, 0.6) is 5.75 Å². The van der Waals surface area contributed by atoms with Crippen LogP contribution in [0.3, 0.4) is 0 Å². The predicted molar refractivity (Wildman–Crippen MR) is 114 cm³/mol. The van der Waals surface area contributed by atoms with E-state index in [4.69, 9.17) is 16.3 Å². The Morgan fingerprint density at radius 1 is 0.875 bits per heavy atom. The van der Waals surface area contributed by atoms with Gasteiger partial charge >= 0.3 is 0 Å². The first-order chi connectivity index (χ1) is 15.3. The molecule has 0 unspecified atom stereocenters. The molecule has 0 saturated heterocycles. The largest absolute Gasteiger partial charge is 0.495 e. The number of hydrogen-bond donors (Lipinski definition) is 1. The minimum Gasteiger partial charge on any atom is -0.495 e. The molecule has 9 heteroatoms. The number of rotatable bonds is 5. The lowest BCUT2D eigenvalue weighted by Gasteiger charge is -2.16. The van der Waals surface area contributed by atoms with Crippen LogP contribution in [0.1, 0.15) is 5.56 Å². The van der Waals surface area contributed by atoms with Crippen molar-refractivity contribution in [3.05, 3.63) is 94.4 Å². The van der Waals surface area contributed by atoms with Crippen LogP contribution in [0.25, 0.3) is 5.57 Å². The van der Waals surface area contributed by atoms with Gasteiger partial charge in [0.1, 0.15) is 28.9 Å². The summed E-state index contributed by atoms with van der Waals surface area (Å²) in [6, 6.07) is 12.0. The number of carbonyl (C=O) groups excluding carboxylic acids is 2. The number of anilines is 2. The summed E-state index contributed by atoms with van der Waals surface area (Å²) in [4.78, 5) is 27.1. The van der Waals surface area contributed by atoms with E-state index in [-0.39, 0.29) is 22.5 Å². The van der Waals surface area contributed by atoms with Crippen molar-refractivity contribution in [2.45, 2.75) is 0 Å². The van der Waals surface area contributed by atoms with Crippen molar-refractivity contribution >= 4 is 40.4 Å². The monoisotopic (exact) mass is 458 g/mol. The molecular weight excluding hydrogens is 445 g/mol. The summed E-state index contributed by atoms with van der Waals surface area (Å²) in [6.45, 7) is 0. The van der Waals surface area contributed by atoms with E-state index in [1.807, 2.05) is 0 Å². The van der Waals surface area contributed by atoms with Gasteiger partial charge in [0.15, 0.2) is 0 Å². The lowest BCUT2D eigenvalue weighted by molar-refractivity contribution is -0.120. The molecule has 0 fully saturated rings. The van der Waals surface area contributed by atoms with Crippen molar-refractivity contribution in [2.75, 3.05) is 17.3 Å². The van der Waals surface area contributed by atoms with Crippen molar-refractivity contribution in [1.29, 1.82) is 0 Å². The molecule has 0 aromatic heterocycles. The molecular formula is C23H14ClF3N2O3. The maximum atomic E-state index is 14.4. The van der Waals surface area contributed by atoms with E-state index in [9.17, 15) is 22.8 Å². The first kappa shape index (κ1) is 21.5. The van der Waals surface area contributed by atoms with Gasteiger partial charge in [0.2, 0.25) is 0 Å². The molecule has 1 heterocycles. The number of methoxy groups -OCH3 is 1. The average Bonchev–Trinajstić information content (AvgIpc) is 2.99. The van der Waals surface area contributed by atoms with Gasteiger partial charge < -0.3 is 10.1 Å². The Morgan fingerprint density at radius 2 is 1.56 bits per heavy atom. The fraction of sp³-hybridized carbons (Fsp3) is 0.0435. The minimum atomic E-state index is -1.09. The van der Waals surface area contributed by atoms with E-state index in [0.717, 1.165) is 24.3 Å². The van der Waals surface area contributed by atoms with Gasteiger partial charge in [0.05, 0.1) is 24.1 Å². The summed E-state index contributed by atoms with van der Waals surface area (Å²) < 4.78 is 46.6. The van der Waals surface area contributed by atoms with E-state index < -0.39 is 35.0 Å². The molecule has 0 atom stereocenters. The molecule has 1 N–H and O–H groups in total. The first-order valence-corrected chi connectivity index (χ1v) is 9.62. The highest BCUT2D eigenvalue weighted by Gasteiger charge is 2.41. The molecule has 32 heavy (non-hydrogen) atoms. The second kappa shape index (κ2) is 8.39. The molecule has 162 valence electrons. The molecule has 1 aliphatic rings. The van der Waals surface area contributed by atoms with Crippen molar-refractivity contribution in [1.82, 2.24) is 0 Å². The number of nitrogens with zero attached hydrogens (tertiary/aromatic N) is 1. The van der Waals surface area contributed by atoms with E-state index in [1.165, 1.54) is 25.3 Å². The molecule has 0 aliphatic carbocycles. The fourth-order valence-corrected chi connectivity index (χ4v) is 3.50. The van der Waals surface area contributed by atoms with Gasteiger partial charge in [-0.1, -0.05) is 23.7 Å². The van der Waals surface area contributed by atoms with E-state index >= 15 is 0 Å². The lowest BCUT2D eigenvalue weighted by Crippen LogP contribution is -2.33. The standard InChI is InChI=1S/C23H14ClF3N2O3/c1-32-19-9-4-13(24)10-17(19)28-21-20(12-2-5-14(25)6-3-12)22(30)29(23(21)31)18-8-7-15(26)11-16(18)27/h2-11,28H,1H3. The van der Waals surface area contributed by atoms with Gasteiger partial charge in [0.25, 0.3) is 11.8 Å². The maximum Gasteiger partial charge on any atom is 0.282 e. The van der Waals surface area contributed by atoms with Gasteiger partial charge in [-0.15, -0.1) is 0 Å². The number of ether oxygens (including phenoxy) is 1. The smallest absolute Gasteiger partial charge is 0.282 e. The van der Waals surface area contributed by atoms with Crippen LogP contribution >= 0.6 is 11.6 Å². The zero-order valence-electron chi connectivity index (χ0n) is 16.5. The highest BCUT2D eigenvalue weighted by molar-refractivity contribution is 6.46. The van der Waals surface area contributed by atoms with Crippen LogP contribution in [0.2, 0.25) is 5.02 Å².